The maximum absolute atomic E-state index is 11.5. The molecule has 6 heteroatoms. The predicted molar refractivity (Wildman–Crippen MR) is 62.9 cm³/mol. The normalized spacial score (nSPS) is 9.93. The molecule has 1 N–H and O–H groups in total. The highest BCUT2D eigenvalue weighted by Crippen LogP contribution is 2.16. The van der Waals surface area contributed by atoms with Crippen molar-refractivity contribution in [1.82, 2.24) is 19.7 Å². The number of halogens is 1. The summed E-state index contributed by atoms with van der Waals surface area (Å²) in [5, 5.41) is 4.04. The number of aryl methyl sites for hydroxylation is 2. The van der Waals surface area contributed by atoms with Gasteiger partial charge < -0.3 is 4.98 Å². The zero-order chi connectivity index (χ0) is 11.6. The Balaban J connectivity index is 0.000000531. The lowest BCUT2D eigenvalue weighted by atomic mass is 10.4. The van der Waals surface area contributed by atoms with E-state index in [-0.39, 0.29) is 5.56 Å². The van der Waals surface area contributed by atoms with E-state index in [1.807, 2.05) is 13.8 Å². The third kappa shape index (κ3) is 2.09. The van der Waals surface area contributed by atoms with Gasteiger partial charge in [-0.25, -0.2) is 4.98 Å². The summed E-state index contributed by atoms with van der Waals surface area (Å²) in [7, 11) is 1.71. The summed E-state index contributed by atoms with van der Waals surface area (Å²) >= 11 is 3.24. The van der Waals surface area contributed by atoms with Crippen molar-refractivity contribution < 1.29 is 0 Å². The quantitative estimate of drug-likeness (QED) is 0.795. The topological polar surface area (TPSA) is 63.6 Å². The Morgan fingerprint density at radius 2 is 2.00 bits per heavy atom. The van der Waals surface area contributed by atoms with Crippen LogP contribution in [0.5, 0.6) is 0 Å². The van der Waals surface area contributed by atoms with Crippen LogP contribution >= 0.6 is 15.9 Å². The van der Waals surface area contributed by atoms with Crippen LogP contribution in [0.1, 0.15) is 19.7 Å². The molecule has 0 bridgehead atoms. The van der Waals surface area contributed by atoms with E-state index in [0.29, 0.717) is 21.5 Å². The molecular weight excluding hydrogens is 260 g/mol. The molecule has 82 valence electrons. The minimum Gasteiger partial charge on any atom is -0.309 e. The van der Waals surface area contributed by atoms with Gasteiger partial charge in [0.1, 0.15) is 11.3 Å². The van der Waals surface area contributed by atoms with Gasteiger partial charge in [0.05, 0.1) is 0 Å². The van der Waals surface area contributed by atoms with Crippen LogP contribution in [0.4, 0.5) is 0 Å². The van der Waals surface area contributed by atoms with E-state index in [9.17, 15) is 4.79 Å². The fraction of sp³-hybridized carbons (Fsp3) is 0.444. The van der Waals surface area contributed by atoms with Crippen molar-refractivity contribution in [3.63, 3.8) is 0 Å². The van der Waals surface area contributed by atoms with Crippen LogP contribution in [0, 0.1) is 6.92 Å². The smallest absolute Gasteiger partial charge is 0.277 e. The number of aromatic amines is 1. The van der Waals surface area contributed by atoms with Crippen LogP contribution in [0.2, 0.25) is 0 Å². The number of hydrogen-bond donors (Lipinski definition) is 1. The van der Waals surface area contributed by atoms with Crippen LogP contribution in [-0.4, -0.2) is 19.7 Å². The van der Waals surface area contributed by atoms with E-state index in [0.717, 1.165) is 0 Å². The maximum Gasteiger partial charge on any atom is 0.277 e. The average Bonchev–Trinajstić information content (AvgIpc) is 2.45. The summed E-state index contributed by atoms with van der Waals surface area (Å²) in [6.07, 6.45) is 0. The van der Waals surface area contributed by atoms with Crippen molar-refractivity contribution in [1.29, 1.82) is 0 Å². The van der Waals surface area contributed by atoms with Crippen LogP contribution in [0.15, 0.2) is 9.40 Å². The van der Waals surface area contributed by atoms with Gasteiger partial charge in [0.25, 0.3) is 5.56 Å². The van der Waals surface area contributed by atoms with E-state index in [2.05, 4.69) is 31.0 Å². The number of nitrogens with zero attached hydrogens (tertiary/aromatic N) is 3. The van der Waals surface area contributed by atoms with Crippen LogP contribution in [0.3, 0.4) is 0 Å². The molecule has 0 fully saturated rings. The standard InChI is InChI=1S/C7H7BrN4O.C2H6/c1-3-9-4-5(7(13)10-3)12(2)11-6(4)8;1-2/h1-2H3,(H,9,10,13);1-2H3. The second kappa shape index (κ2) is 4.57. The molecule has 15 heavy (non-hydrogen) atoms. The number of hydrogen-bond acceptors (Lipinski definition) is 3. The zero-order valence-corrected chi connectivity index (χ0v) is 10.7. The van der Waals surface area contributed by atoms with Gasteiger partial charge in [0.2, 0.25) is 0 Å². The molecule has 0 amide bonds. The van der Waals surface area contributed by atoms with Crippen molar-refractivity contribution in [3.8, 4) is 0 Å². The molecule has 0 radical (unpaired) electrons. The molecule has 0 aliphatic heterocycles. The van der Waals surface area contributed by atoms with Crippen LogP contribution in [-0.2, 0) is 7.05 Å². The fourth-order valence-electron chi connectivity index (χ4n) is 1.25. The van der Waals surface area contributed by atoms with Crippen LogP contribution in [0.25, 0.3) is 11.0 Å². The Kier molecular flexibility index (Phi) is 3.62. The summed E-state index contributed by atoms with van der Waals surface area (Å²) in [5.41, 5.74) is 0.921. The second-order valence-electron chi connectivity index (χ2n) is 2.76. The first-order chi connectivity index (χ1) is 7.09. The molecule has 0 spiro atoms. The van der Waals surface area contributed by atoms with Gasteiger partial charge in [0, 0.05) is 7.05 Å². The second-order valence-corrected chi connectivity index (χ2v) is 3.51. The first kappa shape index (κ1) is 11.9. The molecule has 2 rings (SSSR count). The zero-order valence-electron chi connectivity index (χ0n) is 9.13. The Morgan fingerprint density at radius 1 is 1.40 bits per heavy atom. The number of aromatic nitrogens is 4. The lowest BCUT2D eigenvalue weighted by Gasteiger charge is -1.93. The average molecular weight is 273 g/mol. The molecule has 2 aromatic rings. The lowest BCUT2D eigenvalue weighted by molar-refractivity contribution is 0.783. The molecule has 0 aromatic carbocycles. The Hall–Kier alpha value is -1.17. The van der Waals surface area contributed by atoms with Gasteiger partial charge in [-0.05, 0) is 22.9 Å². The molecule has 0 aliphatic rings. The molecule has 0 aliphatic carbocycles. The largest absolute Gasteiger partial charge is 0.309 e. The van der Waals surface area contributed by atoms with Crippen molar-refractivity contribution in [2.75, 3.05) is 0 Å². The van der Waals surface area contributed by atoms with E-state index < -0.39 is 0 Å². The summed E-state index contributed by atoms with van der Waals surface area (Å²) in [4.78, 5) is 18.2. The summed E-state index contributed by atoms with van der Waals surface area (Å²) < 4.78 is 2.10. The van der Waals surface area contributed by atoms with Gasteiger partial charge in [-0.3, -0.25) is 9.48 Å². The third-order valence-corrected chi connectivity index (χ3v) is 2.30. The maximum atomic E-state index is 11.5. The summed E-state index contributed by atoms with van der Waals surface area (Å²) in [5.74, 6) is 0.589. The number of nitrogens with one attached hydrogen (secondary N) is 1. The molecule has 0 atom stereocenters. The number of fused-ring (bicyclic) bond motifs is 1. The van der Waals surface area contributed by atoms with Crippen LogP contribution < -0.4 is 5.56 Å². The fourth-order valence-corrected chi connectivity index (χ4v) is 1.77. The van der Waals surface area contributed by atoms with Crippen molar-refractivity contribution in [2.24, 2.45) is 7.05 Å². The first-order valence-corrected chi connectivity index (χ1v) is 5.48. The molecule has 2 aromatic heterocycles. The third-order valence-electron chi connectivity index (χ3n) is 1.77. The molecular formula is C9H13BrN4O. The number of rotatable bonds is 0. The summed E-state index contributed by atoms with van der Waals surface area (Å²) in [6, 6.07) is 0. The van der Waals surface area contributed by atoms with Gasteiger partial charge in [-0.15, -0.1) is 0 Å². The monoisotopic (exact) mass is 272 g/mol. The van der Waals surface area contributed by atoms with E-state index >= 15 is 0 Å². The SMILES string of the molecule is CC.Cc1nc2c(Br)nn(C)c2c(=O)[nH]1. The van der Waals surface area contributed by atoms with Crippen molar-refractivity contribution in [2.45, 2.75) is 20.8 Å². The minimum absolute atomic E-state index is 0.164. The molecule has 2 heterocycles. The van der Waals surface area contributed by atoms with Gasteiger partial charge in [-0.1, -0.05) is 13.8 Å². The predicted octanol–water partition coefficient (Wildman–Crippen LogP) is 1.75. The molecule has 0 unspecified atom stereocenters. The Morgan fingerprint density at radius 3 is 2.60 bits per heavy atom. The number of H-pyrrole nitrogens is 1. The van der Waals surface area contributed by atoms with Gasteiger partial charge in [-0.2, -0.15) is 5.10 Å². The Bertz CT molecular complexity index is 529. The highest BCUT2D eigenvalue weighted by Gasteiger charge is 2.10. The van der Waals surface area contributed by atoms with Crippen molar-refractivity contribution in [3.05, 3.63) is 20.8 Å². The highest BCUT2D eigenvalue weighted by molar-refractivity contribution is 9.10. The van der Waals surface area contributed by atoms with E-state index in [1.54, 1.807) is 14.0 Å². The summed E-state index contributed by atoms with van der Waals surface area (Å²) in [6.45, 7) is 5.74. The molecule has 5 nitrogen and oxygen atoms in total. The van der Waals surface area contributed by atoms with Gasteiger partial charge in [0.15, 0.2) is 10.1 Å². The van der Waals surface area contributed by atoms with E-state index in [1.165, 1.54) is 4.68 Å². The highest BCUT2D eigenvalue weighted by atomic mass is 79.9. The van der Waals surface area contributed by atoms with Crippen molar-refractivity contribution >= 4 is 27.0 Å². The van der Waals surface area contributed by atoms with Gasteiger partial charge >= 0.3 is 0 Å². The Labute approximate surface area is 95.7 Å². The lowest BCUT2D eigenvalue weighted by Crippen LogP contribution is -2.12. The molecule has 0 saturated heterocycles. The van der Waals surface area contributed by atoms with E-state index in [4.69, 9.17) is 0 Å². The molecule has 0 saturated carbocycles. The first-order valence-electron chi connectivity index (χ1n) is 4.68. The minimum atomic E-state index is -0.164.